The van der Waals surface area contributed by atoms with Crippen LogP contribution in [0, 0.1) is 5.82 Å². The quantitative estimate of drug-likeness (QED) is 0.788. The van der Waals surface area contributed by atoms with Gasteiger partial charge in [-0.15, -0.1) is 11.3 Å². The molecule has 0 saturated carbocycles. The van der Waals surface area contributed by atoms with E-state index in [9.17, 15) is 4.39 Å². The Balaban J connectivity index is 1.72. The molecule has 2 N–H and O–H groups in total. The number of aromatic nitrogens is 2. The van der Waals surface area contributed by atoms with Crippen LogP contribution in [-0.4, -0.2) is 15.4 Å². The highest BCUT2D eigenvalue weighted by Gasteiger charge is 2.07. The summed E-state index contributed by atoms with van der Waals surface area (Å²) in [7, 11) is 0. The van der Waals surface area contributed by atoms with Gasteiger partial charge in [-0.3, -0.25) is 4.40 Å². The Hall–Kier alpha value is -1.92. The minimum Gasteiger partial charge on any atom is -0.487 e. The van der Waals surface area contributed by atoms with Gasteiger partial charge >= 0.3 is 0 Å². The third-order valence-electron chi connectivity index (χ3n) is 3.02. The zero-order valence-corrected chi connectivity index (χ0v) is 12.4. The van der Waals surface area contributed by atoms with Gasteiger partial charge in [-0.2, -0.15) is 0 Å². The maximum absolute atomic E-state index is 13.6. The van der Waals surface area contributed by atoms with E-state index < -0.39 is 0 Å². The summed E-state index contributed by atoms with van der Waals surface area (Å²) in [6, 6.07) is 4.68. The highest BCUT2D eigenvalue weighted by atomic mass is 32.1. The van der Waals surface area contributed by atoms with Crippen molar-refractivity contribution in [1.82, 2.24) is 9.38 Å². The van der Waals surface area contributed by atoms with Crippen LogP contribution in [0.3, 0.4) is 0 Å². The fourth-order valence-electron chi connectivity index (χ4n) is 2.20. The number of halogens is 1. The summed E-state index contributed by atoms with van der Waals surface area (Å²) in [6.07, 6.45) is 4.47. The normalized spacial score (nSPS) is 12.7. The number of benzene rings is 1. The van der Waals surface area contributed by atoms with Crippen LogP contribution < -0.4 is 10.5 Å². The number of nitrogens with two attached hydrogens (primary N) is 1. The van der Waals surface area contributed by atoms with Gasteiger partial charge in [0.1, 0.15) is 18.2 Å². The van der Waals surface area contributed by atoms with E-state index in [1.165, 1.54) is 12.1 Å². The minimum absolute atomic E-state index is 0.0143. The molecule has 1 unspecified atom stereocenters. The zero-order chi connectivity index (χ0) is 14.8. The van der Waals surface area contributed by atoms with Gasteiger partial charge < -0.3 is 10.5 Å². The molecule has 21 heavy (non-hydrogen) atoms. The molecule has 0 spiro atoms. The second kappa shape index (κ2) is 5.83. The number of hydrogen-bond donors (Lipinski definition) is 1. The molecule has 0 saturated heterocycles. The lowest BCUT2D eigenvalue weighted by atomic mass is 10.1. The van der Waals surface area contributed by atoms with Gasteiger partial charge in [0.25, 0.3) is 0 Å². The minimum atomic E-state index is -0.311. The Bertz CT molecular complexity index is 722. The van der Waals surface area contributed by atoms with Gasteiger partial charge in [0.15, 0.2) is 4.96 Å². The molecule has 1 aromatic carbocycles. The van der Waals surface area contributed by atoms with Crippen molar-refractivity contribution >= 4 is 16.3 Å². The maximum Gasteiger partial charge on any atom is 0.193 e. The molecule has 0 fully saturated rings. The summed E-state index contributed by atoms with van der Waals surface area (Å²) in [5.41, 5.74) is 7.40. The van der Waals surface area contributed by atoms with Crippen LogP contribution in [-0.2, 0) is 13.0 Å². The van der Waals surface area contributed by atoms with Crippen LogP contribution >= 0.6 is 11.3 Å². The van der Waals surface area contributed by atoms with Crippen molar-refractivity contribution in [2.24, 2.45) is 5.73 Å². The molecule has 4 nitrogen and oxygen atoms in total. The molecule has 2 heterocycles. The third kappa shape index (κ3) is 3.40. The lowest BCUT2D eigenvalue weighted by Gasteiger charge is -2.09. The van der Waals surface area contributed by atoms with Gasteiger partial charge in [0.2, 0.25) is 0 Å². The molecular weight excluding hydrogens is 289 g/mol. The smallest absolute Gasteiger partial charge is 0.193 e. The number of hydrogen-bond acceptors (Lipinski definition) is 4. The van der Waals surface area contributed by atoms with E-state index in [-0.39, 0.29) is 11.9 Å². The lowest BCUT2D eigenvalue weighted by molar-refractivity contribution is 0.300. The van der Waals surface area contributed by atoms with Gasteiger partial charge in [0.05, 0.1) is 5.69 Å². The Morgan fingerprint density at radius 3 is 3.05 bits per heavy atom. The largest absolute Gasteiger partial charge is 0.487 e. The summed E-state index contributed by atoms with van der Waals surface area (Å²) >= 11 is 1.56. The van der Waals surface area contributed by atoms with E-state index in [1.54, 1.807) is 11.3 Å². The van der Waals surface area contributed by atoms with Crippen molar-refractivity contribution in [2.45, 2.75) is 26.0 Å². The van der Waals surface area contributed by atoms with Gasteiger partial charge in [0, 0.05) is 29.9 Å². The molecule has 0 amide bonds. The number of imidazole rings is 1. The molecule has 2 aromatic heterocycles. The van der Waals surface area contributed by atoms with E-state index in [1.807, 2.05) is 35.2 Å². The van der Waals surface area contributed by atoms with Crippen molar-refractivity contribution in [3.8, 4) is 5.75 Å². The summed E-state index contributed by atoms with van der Waals surface area (Å²) in [5, 5.41) is 1.97. The standard InChI is InChI=1S/C15H16FN3OS/c1-10(17)4-11-5-12(16)7-14(6-11)20-9-13-8-19-2-3-21-15(19)18-13/h2-3,5-8,10H,4,9,17H2,1H3. The van der Waals surface area contributed by atoms with E-state index in [0.717, 1.165) is 16.2 Å². The van der Waals surface area contributed by atoms with E-state index >= 15 is 0 Å². The van der Waals surface area contributed by atoms with E-state index in [2.05, 4.69) is 4.98 Å². The second-order valence-corrected chi connectivity index (χ2v) is 5.96. The maximum atomic E-state index is 13.6. The topological polar surface area (TPSA) is 52.5 Å². The molecule has 0 aliphatic carbocycles. The summed E-state index contributed by atoms with van der Waals surface area (Å²) in [6.45, 7) is 2.21. The summed E-state index contributed by atoms with van der Waals surface area (Å²) in [4.78, 5) is 5.35. The van der Waals surface area contributed by atoms with E-state index in [4.69, 9.17) is 10.5 Å². The monoisotopic (exact) mass is 305 g/mol. The first-order valence-corrected chi connectivity index (χ1v) is 7.57. The number of nitrogens with zero attached hydrogens (tertiary/aromatic N) is 2. The van der Waals surface area contributed by atoms with Gasteiger partial charge in [-0.05, 0) is 31.0 Å². The van der Waals surface area contributed by atoms with Crippen LogP contribution in [0.2, 0.25) is 0 Å². The fourth-order valence-corrected chi connectivity index (χ4v) is 2.92. The van der Waals surface area contributed by atoms with Crippen LogP contribution in [0.5, 0.6) is 5.75 Å². The molecule has 3 aromatic rings. The Morgan fingerprint density at radius 2 is 2.29 bits per heavy atom. The number of rotatable bonds is 5. The Kier molecular flexibility index (Phi) is 3.90. The average Bonchev–Trinajstić information content (AvgIpc) is 2.95. The number of thiazole rings is 1. The first-order chi connectivity index (χ1) is 10.1. The molecule has 0 radical (unpaired) electrons. The van der Waals surface area contributed by atoms with Crippen LogP contribution in [0.4, 0.5) is 4.39 Å². The predicted molar refractivity (Wildman–Crippen MR) is 81.2 cm³/mol. The third-order valence-corrected chi connectivity index (χ3v) is 3.79. The fraction of sp³-hybridized carbons (Fsp3) is 0.267. The number of fused-ring (bicyclic) bond motifs is 1. The van der Waals surface area contributed by atoms with Crippen LogP contribution in [0.25, 0.3) is 4.96 Å². The molecule has 3 rings (SSSR count). The SMILES string of the molecule is CC(N)Cc1cc(F)cc(OCc2cn3ccsc3n2)c1. The first-order valence-electron chi connectivity index (χ1n) is 6.69. The molecule has 0 aliphatic rings. The van der Waals surface area contributed by atoms with Crippen molar-refractivity contribution in [2.75, 3.05) is 0 Å². The molecule has 1 atom stereocenters. The Labute approximate surface area is 126 Å². The molecule has 6 heteroatoms. The van der Waals surface area contributed by atoms with Crippen LogP contribution in [0.15, 0.2) is 36.0 Å². The zero-order valence-electron chi connectivity index (χ0n) is 11.6. The summed E-state index contributed by atoms with van der Waals surface area (Å²) < 4.78 is 21.2. The first kappa shape index (κ1) is 14.0. The molecule has 110 valence electrons. The van der Waals surface area contributed by atoms with Gasteiger partial charge in [-0.1, -0.05) is 0 Å². The molecule has 0 aliphatic heterocycles. The summed E-state index contributed by atoms with van der Waals surface area (Å²) in [5.74, 6) is 0.191. The lowest BCUT2D eigenvalue weighted by Crippen LogP contribution is -2.17. The molecule has 0 bridgehead atoms. The number of ether oxygens (including phenoxy) is 1. The average molecular weight is 305 g/mol. The van der Waals surface area contributed by atoms with Crippen molar-refractivity contribution in [3.05, 3.63) is 53.0 Å². The van der Waals surface area contributed by atoms with Crippen LogP contribution in [0.1, 0.15) is 18.2 Å². The van der Waals surface area contributed by atoms with Gasteiger partial charge in [-0.25, -0.2) is 9.37 Å². The Morgan fingerprint density at radius 1 is 1.43 bits per heavy atom. The molecular formula is C15H16FN3OS. The second-order valence-electron chi connectivity index (χ2n) is 5.09. The van der Waals surface area contributed by atoms with Crippen molar-refractivity contribution in [3.63, 3.8) is 0 Å². The highest BCUT2D eigenvalue weighted by Crippen LogP contribution is 2.19. The highest BCUT2D eigenvalue weighted by molar-refractivity contribution is 7.15. The van der Waals surface area contributed by atoms with Crippen molar-refractivity contribution in [1.29, 1.82) is 0 Å². The predicted octanol–water partition coefficient (Wildman–Crippen LogP) is 3.00. The van der Waals surface area contributed by atoms with E-state index in [0.29, 0.717) is 18.8 Å². The van der Waals surface area contributed by atoms with Crippen molar-refractivity contribution < 1.29 is 9.13 Å².